The molecule has 2 N–H and O–H groups in total. The maximum Gasteiger partial charge on any atom is 0.356 e. The third kappa shape index (κ3) is 3.00. The fourth-order valence-electron chi connectivity index (χ4n) is 1.94. The van der Waals surface area contributed by atoms with Gasteiger partial charge in [-0.15, -0.1) is 0 Å². The lowest BCUT2D eigenvalue weighted by molar-refractivity contribution is 0.0688. The predicted molar refractivity (Wildman–Crippen MR) is 70.7 cm³/mol. The number of carboxylic acids is 1. The molecule has 0 radical (unpaired) electrons. The Bertz CT molecular complexity index is 590. The minimum absolute atomic E-state index is 0.0364. The number of hydrogen-bond acceptors (Lipinski definition) is 3. The van der Waals surface area contributed by atoms with Gasteiger partial charge in [0.15, 0.2) is 5.69 Å². The molecule has 2 aromatic rings. The number of aliphatic hydroxyl groups excluding tert-OH is 1. The molecule has 2 rings (SSSR count). The monoisotopic (exact) mass is 260 g/mol. The number of benzene rings is 1. The summed E-state index contributed by atoms with van der Waals surface area (Å²) < 4.78 is 1.57. The number of rotatable bonds is 5. The molecule has 0 fully saturated rings. The molecule has 0 amide bonds. The highest BCUT2D eigenvalue weighted by atomic mass is 16.4. The van der Waals surface area contributed by atoms with Crippen molar-refractivity contribution in [3.05, 3.63) is 47.3 Å². The lowest BCUT2D eigenvalue weighted by Crippen LogP contribution is -2.03. The number of aromatic carboxylic acids is 1. The van der Waals surface area contributed by atoms with Gasteiger partial charge in [-0.05, 0) is 37.5 Å². The van der Waals surface area contributed by atoms with E-state index in [-0.39, 0.29) is 12.3 Å². The fourth-order valence-corrected chi connectivity index (χ4v) is 1.94. The predicted octanol–water partition coefficient (Wildman–Crippen LogP) is 1.80. The highest BCUT2D eigenvalue weighted by Crippen LogP contribution is 2.15. The smallest absolute Gasteiger partial charge is 0.356 e. The van der Waals surface area contributed by atoms with Crippen LogP contribution in [0.2, 0.25) is 0 Å². The molecule has 100 valence electrons. The zero-order valence-corrected chi connectivity index (χ0v) is 10.7. The number of nitrogens with zero attached hydrogens (tertiary/aromatic N) is 2. The molecule has 0 spiro atoms. The number of aryl methyl sites for hydroxylation is 2. The molecule has 0 saturated carbocycles. The minimum Gasteiger partial charge on any atom is -0.476 e. The van der Waals surface area contributed by atoms with Gasteiger partial charge in [0.05, 0.1) is 5.69 Å². The number of hydrogen-bond donors (Lipinski definition) is 2. The summed E-state index contributed by atoms with van der Waals surface area (Å²) in [7, 11) is 0. The number of carbonyl (C=O) groups is 1. The molecule has 1 aromatic carbocycles. The lowest BCUT2D eigenvalue weighted by Gasteiger charge is -2.01. The molecule has 0 aliphatic heterocycles. The highest BCUT2D eigenvalue weighted by molar-refractivity contribution is 5.87. The van der Waals surface area contributed by atoms with E-state index in [2.05, 4.69) is 5.10 Å². The quantitative estimate of drug-likeness (QED) is 0.859. The minimum atomic E-state index is -1.04. The van der Waals surface area contributed by atoms with E-state index in [1.807, 2.05) is 31.2 Å². The molecular formula is C14H16N2O3. The van der Waals surface area contributed by atoms with Gasteiger partial charge in [0.2, 0.25) is 0 Å². The summed E-state index contributed by atoms with van der Waals surface area (Å²) >= 11 is 0. The third-order valence-electron chi connectivity index (χ3n) is 2.86. The molecule has 5 heteroatoms. The average Bonchev–Trinajstić information content (AvgIpc) is 2.80. The van der Waals surface area contributed by atoms with Crippen LogP contribution in [0.3, 0.4) is 0 Å². The first-order chi connectivity index (χ1) is 9.11. The maximum atomic E-state index is 11.2. The Balaban J connectivity index is 2.39. The van der Waals surface area contributed by atoms with Gasteiger partial charge in [-0.1, -0.05) is 12.1 Å². The first kappa shape index (κ1) is 13.3. The molecule has 0 bridgehead atoms. The molecule has 0 saturated heterocycles. The van der Waals surface area contributed by atoms with E-state index in [1.165, 1.54) is 0 Å². The Kier molecular flexibility index (Phi) is 3.97. The van der Waals surface area contributed by atoms with E-state index in [0.717, 1.165) is 11.3 Å². The summed E-state index contributed by atoms with van der Waals surface area (Å²) in [6, 6.07) is 7.69. The molecule has 1 aromatic heterocycles. The second-order valence-electron chi connectivity index (χ2n) is 4.42. The first-order valence-electron chi connectivity index (χ1n) is 6.11. The van der Waals surface area contributed by atoms with E-state index in [9.17, 15) is 4.79 Å². The van der Waals surface area contributed by atoms with Crippen LogP contribution in [0.25, 0.3) is 5.69 Å². The average molecular weight is 260 g/mol. The van der Waals surface area contributed by atoms with E-state index in [1.54, 1.807) is 10.9 Å². The van der Waals surface area contributed by atoms with Gasteiger partial charge in [-0.25, -0.2) is 9.48 Å². The molecule has 19 heavy (non-hydrogen) atoms. The number of aliphatic hydroxyl groups is 1. The van der Waals surface area contributed by atoms with E-state index >= 15 is 0 Å². The Morgan fingerprint density at radius 1 is 1.42 bits per heavy atom. The van der Waals surface area contributed by atoms with Crippen LogP contribution in [-0.4, -0.2) is 32.6 Å². The van der Waals surface area contributed by atoms with E-state index < -0.39 is 5.97 Å². The van der Waals surface area contributed by atoms with Gasteiger partial charge >= 0.3 is 5.97 Å². The second-order valence-corrected chi connectivity index (χ2v) is 4.42. The van der Waals surface area contributed by atoms with Crippen LogP contribution in [0.5, 0.6) is 0 Å². The standard InChI is InChI=1S/C14H16N2O3/c1-10-4-2-6-12(8-10)16-9-11(5-3-7-17)13(15-16)14(18)19/h2,4,6,8-9,17H,3,5,7H2,1H3,(H,18,19). The normalized spacial score (nSPS) is 10.6. The Morgan fingerprint density at radius 3 is 2.84 bits per heavy atom. The van der Waals surface area contributed by atoms with Crippen molar-refractivity contribution in [3.8, 4) is 5.69 Å². The maximum absolute atomic E-state index is 11.2. The fraction of sp³-hybridized carbons (Fsp3) is 0.286. The first-order valence-corrected chi connectivity index (χ1v) is 6.11. The summed E-state index contributed by atoms with van der Waals surface area (Å²) in [6.07, 6.45) is 2.75. The number of carboxylic acid groups (broad SMARTS) is 1. The van der Waals surface area contributed by atoms with Crippen LogP contribution >= 0.6 is 0 Å². The van der Waals surface area contributed by atoms with Crippen LogP contribution in [0.4, 0.5) is 0 Å². The summed E-state index contributed by atoms with van der Waals surface area (Å²) in [6.45, 7) is 2.01. The molecular weight excluding hydrogens is 244 g/mol. The SMILES string of the molecule is Cc1cccc(-n2cc(CCCO)c(C(=O)O)n2)c1. The zero-order chi connectivity index (χ0) is 13.8. The van der Waals surface area contributed by atoms with Crippen LogP contribution in [0, 0.1) is 6.92 Å². The molecule has 1 heterocycles. The Hall–Kier alpha value is -2.14. The zero-order valence-electron chi connectivity index (χ0n) is 10.7. The van der Waals surface area contributed by atoms with Crippen LogP contribution < -0.4 is 0 Å². The second kappa shape index (κ2) is 5.67. The topological polar surface area (TPSA) is 75.4 Å². The van der Waals surface area contributed by atoms with Crippen molar-refractivity contribution in [3.63, 3.8) is 0 Å². The highest BCUT2D eigenvalue weighted by Gasteiger charge is 2.16. The van der Waals surface area contributed by atoms with Crippen molar-refractivity contribution in [1.82, 2.24) is 9.78 Å². The van der Waals surface area contributed by atoms with Gasteiger partial charge in [-0.2, -0.15) is 5.10 Å². The Labute approximate surface area is 111 Å². The summed E-state index contributed by atoms with van der Waals surface area (Å²) in [5, 5.41) is 22.1. The van der Waals surface area contributed by atoms with Crippen molar-refractivity contribution >= 4 is 5.97 Å². The van der Waals surface area contributed by atoms with Crippen molar-refractivity contribution in [2.75, 3.05) is 6.61 Å². The van der Waals surface area contributed by atoms with Crippen LogP contribution in [0.1, 0.15) is 28.0 Å². The van der Waals surface area contributed by atoms with Crippen molar-refractivity contribution in [1.29, 1.82) is 0 Å². The van der Waals surface area contributed by atoms with Gasteiger partial charge in [-0.3, -0.25) is 0 Å². The molecule has 0 unspecified atom stereocenters. The molecule has 5 nitrogen and oxygen atoms in total. The van der Waals surface area contributed by atoms with Gasteiger partial charge in [0.25, 0.3) is 0 Å². The third-order valence-corrected chi connectivity index (χ3v) is 2.86. The van der Waals surface area contributed by atoms with Crippen LogP contribution in [-0.2, 0) is 6.42 Å². The Morgan fingerprint density at radius 2 is 2.21 bits per heavy atom. The van der Waals surface area contributed by atoms with Crippen LogP contribution in [0.15, 0.2) is 30.5 Å². The van der Waals surface area contributed by atoms with Crippen molar-refractivity contribution in [2.24, 2.45) is 0 Å². The van der Waals surface area contributed by atoms with E-state index in [4.69, 9.17) is 10.2 Å². The lowest BCUT2D eigenvalue weighted by atomic mass is 10.1. The van der Waals surface area contributed by atoms with Gasteiger partial charge in [0, 0.05) is 18.4 Å². The van der Waals surface area contributed by atoms with Gasteiger partial charge < -0.3 is 10.2 Å². The summed E-state index contributed by atoms with van der Waals surface area (Å²) in [5.74, 6) is -1.04. The molecule has 0 aliphatic carbocycles. The summed E-state index contributed by atoms with van der Waals surface area (Å²) in [4.78, 5) is 11.2. The molecule has 0 aliphatic rings. The van der Waals surface area contributed by atoms with E-state index in [0.29, 0.717) is 18.4 Å². The summed E-state index contributed by atoms with van der Waals surface area (Å²) in [5.41, 5.74) is 2.61. The van der Waals surface area contributed by atoms with Crippen molar-refractivity contribution in [2.45, 2.75) is 19.8 Å². The number of aromatic nitrogens is 2. The van der Waals surface area contributed by atoms with Gasteiger partial charge in [0.1, 0.15) is 0 Å². The van der Waals surface area contributed by atoms with Crippen molar-refractivity contribution < 1.29 is 15.0 Å². The molecule has 0 atom stereocenters. The largest absolute Gasteiger partial charge is 0.476 e.